The minimum atomic E-state index is -0.485. The number of nitrogens with one attached hydrogen (secondary N) is 2. The van der Waals surface area contributed by atoms with Gasteiger partial charge in [0.25, 0.3) is 0 Å². The van der Waals surface area contributed by atoms with Gasteiger partial charge in [0.05, 0.1) is 0 Å². The zero-order chi connectivity index (χ0) is 14.3. The topological polar surface area (TPSA) is 71.1 Å². The Morgan fingerprint density at radius 1 is 1.32 bits per heavy atom. The molecule has 0 aliphatic carbocycles. The third-order valence-electron chi connectivity index (χ3n) is 2.71. The van der Waals surface area contributed by atoms with E-state index in [-0.39, 0.29) is 17.7 Å². The average molecular weight is 263 g/mol. The van der Waals surface area contributed by atoms with Crippen LogP contribution in [0.25, 0.3) is 0 Å². The maximum atomic E-state index is 12.0. The van der Waals surface area contributed by atoms with Gasteiger partial charge in [-0.25, -0.2) is 0 Å². The van der Waals surface area contributed by atoms with Crippen molar-refractivity contribution >= 4 is 11.8 Å². The number of nitrogens with zero attached hydrogens (tertiary/aromatic N) is 1. The molecule has 104 valence electrons. The van der Waals surface area contributed by atoms with Gasteiger partial charge in [0.15, 0.2) is 0 Å². The number of rotatable bonds is 6. The summed E-state index contributed by atoms with van der Waals surface area (Å²) >= 11 is 0. The molecule has 0 fully saturated rings. The summed E-state index contributed by atoms with van der Waals surface area (Å²) in [4.78, 5) is 27.2. The Morgan fingerprint density at radius 3 is 2.58 bits per heavy atom. The largest absolute Gasteiger partial charge is 0.354 e. The van der Waals surface area contributed by atoms with Gasteiger partial charge in [-0.15, -0.1) is 0 Å². The molecule has 0 saturated heterocycles. The highest BCUT2D eigenvalue weighted by Gasteiger charge is 2.22. The monoisotopic (exact) mass is 263 g/mol. The van der Waals surface area contributed by atoms with Crippen molar-refractivity contribution in [1.29, 1.82) is 0 Å². The molecule has 1 heterocycles. The van der Waals surface area contributed by atoms with Crippen molar-refractivity contribution < 1.29 is 9.59 Å². The number of hydrogen-bond donors (Lipinski definition) is 2. The highest BCUT2D eigenvalue weighted by atomic mass is 16.2. The molecule has 5 nitrogen and oxygen atoms in total. The molecule has 5 heteroatoms. The van der Waals surface area contributed by atoms with Crippen molar-refractivity contribution in [2.45, 2.75) is 33.2 Å². The maximum Gasteiger partial charge on any atom is 0.242 e. The molecule has 1 atom stereocenters. The first-order chi connectivity index (χ1) is 9.00. The van der Waals surface area contributed by atoms with Crippen molar-refractivity contribution in [3.63, 3.8) is 0 Å². The summed E-state index contributed by atoms with van der Waals surface area (Å²) in [5, 5.41) is 5.49. The van der Waals surface area contributed by atoms with Crippen molar-refractivity contribution in [2.75, 3.05) is 6.54 Å². The van der Waals surface area contributed by atoms with Crippen molar-refractivity contribution in [2.24, 2.45) is 5.92 Å². The summed E-state index contributed by atoms with van der Waals surface area (Å²) in [6.07, 6.45) is 2.41. The molecule has 19 heavy (non-hydrogen) atoms. The fraction of sp³-hybridized carbons (Fsp3) is 0.500. The van der Waals surface area contributed by atoms with E-state index in [0.717, 1.165) is 5.69 Å². The third-order valence-corrected chi connectivity index (χ3v) is 2.71. The van der Waals surface area contributed by atoms with Gasteiger partial charge in [-0.3, -0.25) is 14.6 Å². The molecule has 0 bridgehead atoms. The Kier molecular flexibility index (Phi) is 5.99. The van der Waals surface area contributed by atoms with Crippen LogP contribution in [0.15, 0.2) is 24.4 Å². The van der Waals surface area contributed by atoms with Gasteiger partial charge in [0.2, 0.25) is 11.8 Å². The standard InChI is InChI=1S/C14H21N3O2/c1-10(2)13(17-11(3)18)14(19)16-9-7-12-6-4-5-8-15-12/h4-6,8,10,13H,7,9H2,1-3H3,(H,16,19)(H,17,18). The van der Waals surface area contributed by atoms with Crippen molar-refractivity contribution in [3.05, 3.63) is 30.1 Å². The van der Waals surface area contributed by atoms with Crippen LogP contribution in [0.3, 0.4) is 0 Å². The van der Waals surface area contributed by atoms with Gasteiger partial charge in [0.1, 0.15) is 6.04 Å². The lowest BCUT2D eigenvalue weighted by Crippen LogP contribution is -2.49. The van der Waals surface area contributed by atoms with Crippen LogP contribution in [-0.4, -0.2) is 29.4 Å². The summed E-state index contributed by atoms with van der Waals surface area (Å²) in [5.74, 6) is -0.293. The van der Waals surface area contributed by atoms with Crippen LogP contribution in [0, 0.1) is 5.92 Å². The first-order valence-electron chi connectivity index (χ1n) is 6.45. The summed E-state index contributed by atoms with van der Waals surface area (Å²) < 4.78 is 0. The fourth-order valence-corrected chi connectivity index (χ4v) is 1.72. The summed E-state index contributed by atoms with van der Waals surface area (Å²) in [6.45, 7) is 5.73. The van der Waals surface area contributed by atoms with Crippen LogP contribution >= 0.6 is 0 Å². The van der Waals surface area contributed by atoms with E-state index < -0.39 is 6.04 Å². The van der Waals surface area contributed by atoms with E-state index in [4.69, 9.17) is 0 Å². The van der Waals surface area contributed by atoms with E-state index in [0.29, 0.717) is 13.0 Å². The number of aromatic nitrogens is 1. The predicted octanol–water partition coefficient (Wildman–Crippen LogP) is 0.901. The lowest BCUT2D eigenvalue weighted by atomic mass is 10.0. The Morgan fingerprint density at radius 2 is 2.05 bits per heavy atom. The van der Waals surface area contributed by atoms with E-state index >= 15 is 0 Å². The molecule has 0 radical (unpaired) electrons. The van der Waals surface area contributed by atoms with Gasteiger partial charge in [0, 0.05) is 31.8 Å². The summed E-state index contributed by atoms with van der Waals surface area (Å²) in [6, 6.07) is 5.20. The lowest BCUT2D eigenvalue weighted by molar-refractivity contribution is -0.129. The Balaban J connectivity index is 2.42. The zero-order valence-corrected chi connectivity index (χ0v) is 11.6. The number of carbonyl (C=O) groups is 2. The van der Waals surface area contributed by atoms with Crippen LogP contribution in [-0.2, 0) is 16.0 Å². The maximum absolute atomic E-state index is 12.0. The van der Waals surface area contributed by atoms with Gasteiger partial charge in [-0.05, 0) is 18.1 Å². The number of hydrogen-bond acceptors (Lipinski definition) is 3. The van der Waals surface area contributed by atoms with Crippen LogP contribution < -0.4 is 10.6 Å². The van der Waals surface area contributed by atoms with Crippen LogP contribution in [0.2, 0.25) is 0 Å². The first kappa shape index (κ1) is 15.1. The molecule has 1 aromatic heterocycles. The quantitative estimate of drug-likeness (QED) is 0.801. The Labute approximate surface area is 113 Å². The molecule has 0 aliphatic heterocycles. The Hall–Kier alpha value is -1.91. The molecule has 0 aliphatic rings. The average Bonchev–Trinajstić information content (AvgIpc) is 2.36. The van der Waals surface area contributed by atoms with E-state index in [1.165, 1.54) is 6.92 Å². The first-order valence-corrected chi connectivity index (χ1v) is 6.45. The molecular weight excluding hydrogens is 242 g/mol. The zero-order valence-electron chi connectivity index (χ0n) is 11.6. The van der Waals surface area contributed by atoms with Crippen molar-refractivity contribution in [1.82, 2.24) is 15.6 Å². The Bertz CT molecular complexity index is 418. The van der Waals surface area contributed by atoms with E-state index in [2.05, 4.69) is 15.6 Å². The minimum Gasteiger partial charge on any atom is -0.354 e. The molecule has 2 amide bonds. The van der Waals surface area contributed by atoms with Crippen LogP contribution in [0.4, 0.5) is 0 Å². The normalized spacial score (nSPS) is 12.0. The van der Waals surface area contributed by atoms with E-state index in [1.807, 2.05) is 32.0 Å². The van der Waals surface area contributed by atoms with Gasteiger partial charge in [-0.2, -0.15) is 0 Å². The molecule has 0 spiro atoms. The van der Waals surface area contributed by atoms with Gasteiger partial charge in [-0.1, -0.05) is 19.9 Å². The molecule has 1 unspecified atom stereocenters. The predicted molar refractivity (Wildman–Crippen MR) is 73.4 cm³/mol. The number of amides is 2. The molecular formula is C14H21N3O2. The molecule has 2 N–H and O–H groups in total. The van der Waals surface area contributed by atoms with E-state index in [1.54, 1.807) is 6.20 Å². The number of carbonyl (C=O) groups excluding carboxylic acids is 2. The minimum absolute atomic E-state index is 0.0544. The van der Waals surface area contributed by atoms with Crippen LogP contribution in [0.5, 0.6) is 0 Å². The van der Waals surface area contributed by atoms with Crippen molar-refractivity contribution in [3.8, 4) is 0 Å². The second-order valence-electron chi connectivity index (χ2n) is 4.78. The molecule has 0 saturated carbocycles. The number of pyridine rings is 1. The molecule has 0 aromatic carbocycles. The SMILES string of the molecule is CC(=O)NC(C(=O)NCCc1ccccn1)C(C)C. The summed E-state index contributed by atoms with van der Waals surface area (Å²) in [5.41, 5.74) is 0.934. The smallest absolute Gasteiger partial charge is 0.242 e. The van der Waals surface area contributed by atoms with Gasteiger partial charge < -0.3 is 10.6 Å². The van der Waals surface area contributed by atoms with Crippen LogP contribution in [0.1, 0.15) is 26.5 Å². The highest BCUT2D eigenvalue weighted by Crippen LogP contribution is 2.02. The molecule has 1 aromatic rings. The second kappa shape index (κ2) is 7.51. The second-order valence-corrected chi connectivity index (χ2v) is 4.78. The highest BCUT2D eigenvalue weighted by molar-refractivity contribution is 5.86. The third kappa shape index (κ3) is 5.50. The lowest BCUT2D eigenvalue weighted by Gasteiger charge is -2.20. The molecule has 1 rings (SSSR count). The van der Waals surface area contributed by atoms with E-state index in [9.17, 15) is 9.59 Å². The van der Waals surface area contributed by atoms with Gasteiger partial charge >= 0.3 is 0 Å². The summed E-state index contributed by atoms with van der Waals surface area (Å²) in [7, 11) is 0. The fourth-order valence-electron chi connectivity index (χ4n) is 1.72.